The van der Waals surface area contributed by atoms with Crippen molar-refractivity contribution in [3.8, 4) is 0 Å². The summed E-state index contributed by atoms with van der Waals surface area (Å²) in [7, 11) is 0. The fourth-order valence-corrected chi connectivity index (χ4v) is 4.23. The van der Waals surface area contributed by atoms with Gasteiger partial charge in [0.1, 0.15) is 5.02 Å². The van der Waals surface area contributed by atoms with Crippen LogP contribution in [0.3, 0.4) is 0 Å². The molecule has 28 heavy (non-hydrogen) atoms. The van der Waals surface area contributed by atoms with Gasteiger partial charge in [0.05, 0.1) is 12.6 Å². The van der Waals surface area contributed by atoms with Crippen molar-refractivity contribution in [2.75, 3.05) is 28.2 Å². The van der Waals surface area contributed by atoms with Crippen LogP contribution in [-0.2, 0) is 11.2 Å². The SMILES string of the molecule is CC(C)N1C(=O)Cc2cc(Nc3nc(N4CCC[C@H](C)C4)ncc3Cl)ccc21. The number of aromatic nitrogens is 2. The Morgan fingerprint density at radius 2 is 2.14 bits per heavy atom. The molecule has 0 saturated carbocycles. The number of anilines is 4. The average molecular weight is 400 g/mol. The van der Waals surface area contributed by atoms with Crippen LogP contribution in [0.25, 0.3) is 0 Å². The quantitative estimate of drug-likeness (QED) is 0.825. The number of fused-ring (bicyclic) bond motifs is 1. The molecule has 7 heteroatoms. The largest absolute Gasteiger partial charge is 0.341 e. The average Bonchev–Trinajstić information content (AvgIpc) is 2.98. The third-order valence-corrected chi connectivity index (χ3v) is 5.68. The van der Waals surface area contributed by atoms with Crippen molar-refractivity contribution >= 4 is 40.6 Å². The molecule has 1 aromatic carbocycles. The van der Waals surface area contributed by atoms with Gasteiger partial charge in [-0.15, -0.1) is 0 Å². The van der Waals surface area contributed by atoms with Crippen molar-refractivity contribution in [1.29, 1.82) is 0 Å². The first kappa shape index (κ1) is 19.0. The molecule has 1 atom stereocenters. The number of carbonyl (C=O) groups is 1. The normalized spacial score (nSPS) is 19.3. The molecule has 2 aliphatic rings. The van der Waals surface area contributed by atoms with Crippen LogP contribution in [0.1, 0.15) is 39.2 Å². The fraction of sp³-hybridized carbons (Fsp3) is 0.476. The van der Waals surface area contributed by atoms with E-state index in [1.807, 2.05) is 36.9 Å². The highest BCUT2D eigenvalue weighted by Gasteiger charge is 2.29. The maximum atomic E-state index is 12.3. The molecule has 1 fully saturated rings. The van der Waals surface area contributed by atoms with Crippen LogP contribution in [0.15, 0.2) is 24.4 Å². The number of nitrogens with one attached hydrogen (secondary N) is 1. The number of hydrogen-bond acceptors (Lipinski definition) is 5. The Morgan fingerprint density at radius 3 is 2.89 bits per heavy atom. The zero-order valence-corrected chi connectivity index (χ0v) is 17.3. The monoisotopic (exact) mass is 399 g/mol. The summed E-state index contributed by atoms with van der Waals surface area (Å²) in [5.41, 5.74) is 2.89. The van der Waals surface area contributed by atoms with Gasteiger partial charge >= 0.3 is 0 Å². The smallest absolute Gasteiger partial charge is 0.231 e. The highest BCUT2D eigenvalue weighted by Crippen LogP contribution is 2.34. The second-order valence-electron chi connectivity index (χ2n) is 8.06. The maximum absolute atomic E-state index is 12.3. The molecule has 4 rings (SSSR count). The number of piperidine rings is 1. The summed E-state index contributed by atoms with van der Waals surface area (Å²) in [6.45, 7) is 8.25. The Kier molecular flexibility index (Phi) is 5.15. The molecule has 0 bridgehead atoms. The minimum Gasteiger partial charge on any atom is -0.341 e. The molecular formula is C21H26ClN5O. The molecular weight excluding hydrogens is 374 g/mol. The lowest BCUT2D eigenvalue weighted by Gasteiger charge is -2.31. The van der Waals surface area contributed by atoms with Gasteiger partial charge in [-0.25, -0.2) is 4.98 Å². The van der Waals surface area contributed by atoms with E-state index in [-0.39, 0.29) is 11.9 Å². The lowest BCUT2D eigenvalue weighted by atomic mass is 10.0. The van der Waals surface area contributed by atoms with Crippen LogP contribution >= 0.6 is 11.6 Å². The van der Waals surface area contributed by atoms with E-state index in [1.54, 1.807) is 6.20 Å². The molecule has 2 aliphatic heterocycles. The van der Waals surface area contributed by atoms with Crippen LogP contribution in [0, 0.1) is 5.92 Å². The predicted molar refractivity (Wildman–Crippen MR) is 114 cm³/mol. The maximum Gasteiger partial charge on any atom is 0.231 e. The topological polar surface area (TPSA) is 61.4 Å². The standard InChI is InChI=1S/C21H26ClN5O/c1-13(2)27-18-7-6-16(9-15(18)10-19(27)28)24-20-17(22)11-23-21(25-20)26-8-4-5-14(3)12-26/h6-7,9,11,13-14H,4-5,8,10,12H2,1-3H3,(H,23,24,25)/t14-/m0/s1. The Labute approximate surface area is 170 Å². The molecule has 3 heterocycles. The van der Waals surface area contributed by atoms with Gasteiger partial charge < -0.3 is 15.1 Å². The molecule has 1 aromatic heterocycles. The van der Waals surface area contributed by atoms with Crippen molar-refractivity contribution in [1.82, 2.24) is 9.97 Å². The van der Waals surface area contributed by atoms with Crippen molar-refractivity contribution < 1.29 is 4.79 Å². The molecule has 1 saturated heterocycles. The molecule has 2 aromatic rings. The Morgan fingerprint density at radius 1 is 1.32 bits per heavy atom. The minimum absolute atomic E-state index is 0.142. The predicted octanol–water partition coefficient (Wildman–Crippen LogP) is 4.41. The highest BCUT2D eigenvalue weighted by atomic mass is 35.5. The van der Waals surface area contributed by atoms with E-state index in [2.05, 4.69) is 27.1 Å². The second kappa shape index (κ2) is 7.59. The highest BCUT2D eigenvalue weighted by molar-refractivity contribution is 6.32. The lowest BCUT2D eigenvalue weighted by molar-refractivity contribution is -0.117. The molecule has 1 amide bonds. The van der Waals surface area contributed by atoms with Crippen molar-refractivity contribution in [3.05, 3.63) is 35.0 Å². The van der Waals surface area contributed by atoms with Crippen molar-refractivity contribution in [3.63, 3.8) is 0 Å². The van der Waals surface area contributed by atoms with Gasteiger partial charge in [0.15, 0.2) is 5.82 Å². The summed E-state index contributed by atoms with van der Waals surface area (Å²) in [5, 5.41) is 3.79. The summed E-state index contributed by atoms with van der Waals surface area (Å²) in [6, 6.07) is 6.12. The first-order valence-electron chi connectivity index (χ1n) is 9.92. The first-order chi connectivity index (χ1) is 13.4. The van der Waals surface area contributed by atoms with E-state index in [0.717, 1.165) is 36.4 Å². The molecule has 0 spiro atoms. The number of carbonyl (C=O) groups excluding carboxylic acids is 1. The van der Waals surface area contributed by atoms with E-state index < -0.39 is 0 Å². The third kappa shape index (κ3) is 3.65. The number of hydrogen-bond donors (Lipinski definition) is 1. The van der Waals surface area contributed by atoms with Gasteiger partial charge in [0, 0.05) is 30.5 Å². The van der Waals surface area contributed by atoms with Crippen LogP contribution in [-0.4, -0.2) is 35.0 Å². The van der Waals surface area contributed by atoms with Crippen LogP contribution in [0.4, 0.5) is 23.1 Å². The Bertz CT molecular complexity index is 900. The van der Waals surface area contributed by atoms with E-state index in [4.69, 9.17) is 11.6 Å². The van der Waals surface area contributed by atoms with Crippen LogP contribution in [0.5, 0.6) is 0 Å². The lowest BCUT2D eigenvalue weighted by Crippen LogP contribution is -2.35. The zero-order valence-electron chi connectivity index (χ0n) is 16.6. The van der Waals surface area contributed by atoms with E-state index in [9.17, 15) is 4.79 Å². The van der Waals surface area contributed by atoms with Gasteiger partial charge in [-0.05, 0) is 56.4 Å². The third-order valence-electron chi connectivity index (χ3n) is 5.40. The molecule has 0 unspecified atom stereocenters. The Hall–Kier alpha value is -2.34. The van der Waals surface area contributed by atoms with Crippen LogP contribution < -0.4 is 15.1 Å². The van der Waals surface area contributed by atoms with Crippen molar-refractivity contribution in [2.45, 2.75) is 46.1 Å². The molecule has 0 radical (unpaired) electrons. The van der Waals surface area contributed by atoms with Crippen LogP contribution in [0.2, 0.25) is 5.02 Å². The number of nitrogens with zero attached hydrogens (tertiary/aromatic N) is 4. The number of benzene rings is 1. The zero-order chi connectivity index (χ0) is 19.8. The number of halogens is 1. The van der Waals surface area contributed by atoms with Gasteiger partial charge in [-0.1, -0.05) is 18.5 Å². The van der Waals surface area contributed by atoms with E-state index >= 15 is 0 Å². The van der Waals surface area contributed by atoms with Gasteiger partial charge in [0.25, 0.3) is 0 Å². The van der Waals surface area contributed by atoms with E-state index in [1.165, 1.54) is 6.42 Å². The number of amides is 1. The summed E-state index contributed by atoms with van der Waals surface area (Å²) < 4.78 is 0. The summed E-state index contributed by atoms with van der Waals surface area (Å²) in [4.78, 5) is 25.5. The molecule has 0 aliphatic carbocycles. The van der Waals surface area contributed by atoms with Gasteiger partial charge in [0.2, 0.25) is 11.9 Å². The first-order valence-corrected chi connectivity index (χ1v) is 10.3. The summed E-state index contributed by atoms with van der Waals surface area (Å²) in [5.74, 6) is 2.09. The molecule has 1 N–H and O–H groups in total. The van der Waals surface area contributed by atoms with E-state index in [0.29, 0.717) is 29.1 Å². The second-order valence-corrected chi connectivity index (χ2v) is 8.47. The summed E-state index contributed by atoms with van der Waals surface area (Å²) >= 11 is 6.35. The van der Waals surface area contributed by atoms with Gasteiger partial charge in [-0.2, -0.15) is 4.98 Å². The minimum atomic E-state index is 0.142. The molecule has 148 valence electrons. The summed E-state index contributed by atoms with van der Waals surface area (Å²) in [6.07, 6.45) is 4.48. The Balaban J connectivity index is 1.57. The van der Waals surface area contributed by atoms with Crippen molar-refractivity contribution in [2.24, 2.45) is 5.92 Å². The van der Waals surface area contributed by atoms with Gasteiger partial charge in [-0.3, -0.25) is 4.79 Å². The molecule has 6 nitrogen and oxygen atoms in total. The fourth-order valence-electron chi connectivity index (χ4n) is 4.09. The number of rotatable bonds is 4.